The number of ketones is 1. The van der Waals surface area contributed by atoms with E-state index in [9.17, 15) is 18.0 Å². The molecule has 0 saturated carbocycles. The zero-order valence-corrected chi connectivity index (χ0v) is 11.0. The van der Waals surface area contributed by atoms with Gasteiger partial charge in [0.15, 0.2) is 5.78 Å². The second-order valence-corrected chi connectivity index (χ2v) is 4.66. The largest absolute Gasteiger partial charge is 0.398 e. The Hall–Kier alpha value is -1.82. The Bertz CT molecular complexity index is 650. The van der Waals surface area contributed by atoms with Crippen molar-refractivity contribution in [3.05, 3.63) is 63.4 Å². The molecule has 19 heavy (non-hydrogen) atoms. The molecule has 2 aromatic rings. The number of hydrogen-bond donors (Lipinski definition) is 1. The van der Waals surface area contributed by atoms with Crippen molar-refractivity contribution in [3.8, 4) is 0 Å². The summed E-state index contributed by atoms with van der Waals surface area (Å²) in [5, 5.41) is 0. The van der Waals surface area contributed by atoms with E-state index in [-0.39, 0.29) is 5.56 Å². The molecular weight excluding hydrogens is 323 g/mol. The van der Waals surface area contributed by atoms with E-state index in [4.69, 9.17) is 5.73 Å². The monoisotopic (exact) mass is 329 g/mol. The van der Waals surface area contributed by atoms with Crippen molar-refractivity contribution in [2.24, 2.45) is 0 Å². The van der Waals surface area contributed by atoms with Gasteiger partial charge in [-0.3, -0.25) is 4.79 Å². The van der Waals surface area contributed by atoms with Crippen LogP contribution in [0.2, 0.25) is 0 Å². The van der Waals surface area contributed by atoms with Crippen LogP contribution < -0.4 is 5.73 Å². The molecular formula is C13H7BrF3NO. The number of halogens is 4. The fourth-order valence-corrected chi connectivity index (χ4v) is 1.95. The first kappa shape index (κ1) is 13.6. The van der Waals surface area contributed by atoms with Gasteiger partial charge in [0.1, 0.15) is 17.5 Å². The molecule has 0 aromatic heterocycles. The third-order valence-corrected chi connectivity index (χ3v) is 3.18. The van der Waals surface area contributed by atoms with Gasteiger partial charge in [-0.15, -0.1) is 0 Å². The van der Waals surface area contributed by atoms with Crippen LogP contribution in [0.25, 0.3) is 0 Å². The molecule has 0 amide bonds. The maximum absolute atomic E-state index is 13.5. The Balaban J connectivity index is 2.53. The van der Waals surface area contributed by atoms with Crippen LogP contribution in [0.4, 0.5) is 18.9 Å². The van der Waals surface area contributed by atoms with E-state index in [1.807, 2.05) is 0 Å². The molecule has 2 nitrogen and oxygen atoms in total. The van der Waals surface area contributed by atoms with Gasteiger partial charge in [-0.25, -0.2) is 13.2 Å². The normalized spacial score (nSPS) is 10.5. The molecule has 6 heteroatoms. The summed E-state index contributed by atoms with van der Waals surface area (Å²) in [5.41, 5.74) is 5.19. The molecule has 2 aromatic carbocycles. The Morgan fingerprint density at radius 3 is 2.16 bits per heavy atom. The van der Waals surface area contributed by atoms with Crippen LogP contribution in [0.15, 0.2) is 34.8 Å². The highest BCUT2D eigenvalue weighted by atomic mass is 79.9. The van der Waals surface area contributed by atoms with E-state index in [0.717, 1.165) is 0 Å². The van der Waals surface area contributed by atoms with E-state index < -0.39 is 28.8 Å². The van der Waals surface area contributed by atoms with Gasteiger partial charge < -0.3 is 5.73 Å². The Kier molecular flexibility index (Phi) is 3.61. The maximum Gasteiger partial charge on any atom is 0.198 e. The summed E-state index contributed by atoms with van der Waals surface area (Å²) in [4.78, 5) is 12.0. The van der Waals surface area contributed by atoms with Gasteiger partial charge in [-0.05, 0) is 34.1 Å². The molecule has 0 bridgehead atoms. The number of carbonyl (C=O) groups excluding carboxylic acids is 1. The van der Waals surface area contributed by atoms with Gasteiger partial charge in [0, 0.05) is 27.9 Å². The molecule has 0 aliphatic heterocycles. The third kappa shape index (κ3) is 2.63. The van der Waals surface area contributed by atoms with Crippen LogP contribution in [0.1, 0.15) is 15.9 Å². The lowest BCUT2D eigenvalue weighted by atomic mass is 10.0. The summed E-state index contributed by atoms with van der Waals surface area (Å²) >= 11 is 3.11. The lowest BCUT2D eigenvalue weighted by Gasteiger charge is -2.06. The van der Waals surface area contributed by atoms with Crippen molar-refractivity contribution in [2.45, 2.75) is 0 Å². The smallest absolute Gasteiger partial charge is 0.198 e. The van der Waals surface area contributed by atoms with Gasteiger partial charge in [0.2, 0.25) is 0 Å². The molecule has 0 aliphatic carbocycles. The SMILES string of the molecule is Nc1ccc(C(=O)c2c(F)cc(F)cc2F)cc1Br. The molecule has 2 N–H and O–H groups in total. The summed E-state index contributed by atoms with van der Waals surface area (Å²) in [6.07, 6.45) is 0. The Morgan fingerprint density at radius 1 is 1.05 bits per heavy atom. The number of anilines is 1. The molecule has 0 spiro atoms. The number of hydrogen-bond acceptors (Lipinski definition) is 2. The third-order valence-electron chi connectivity index (χ3n) is 2.50. The lowest BCUT2D eigenvalue weighted by Crippen LogP contribution is -2.08. The van der Waals surface area contributed by atoms with Gasteiger partial charge >= 0.3 is 0 Å². The quantitative estimate of drug-likeness (QED) is 0.674. The predicted octanol–water partition coefficient (Wildman–Crippen LogP) is 3.68. The van der Waals surface area contributed by atoms with E-state index in [1.165, 1.54) is 18.2 Å². The van der Waals surface area contributed by atoms with Crippen LogP contribution in [0.5, 0.6) is 0 Å². The van der Waals surface area contributed by atoms with E-state index in [1.54, 1.807) is 0 Å². The average molecular weight is 330 g/mol. The van der Waals surface area contributed by atoms with Crippen molar-refractivity contribution in [3.63, 3.8) is 0 Å². The minimum Gasteiger partial charge on any atom is -0.398 e. The van der Waals surface area contributed by atoms with E-state index >= 15 is 0 Å². The molecule has 0 atom stereocenters. The molecule has 0 aliphatic rings. The first-order chi connectivity index (χ1) is 8.90. The highest BCUT2D eigenvalue weighted by molar-refractivity contribution is 9.10. The Morgan fingerprint density at radius 2 is 1.63 bits per heavy atom. The average Bonchev–Trinajstić information content (AvgIpc) is 2.31. The molecule has 98 valence electrons. The molecule has 0 fully saturated rings. The summed E-state index contributed by atoms with van der Waals surface area (Å²) in [7, 11) is 0. The predicted molar refractivity (Wildman–Crippen MR) is 68.3 cm³/mol. The van der Waals surface area contributed by atoms with Crippen molar-refractivity contribution < 1.29 is 18.0 Å². The molecule has 0 heterocycles. The standard InChI is InChI=1S/C13H7BrF3NO/c14-8-3-6(1-2-11(8)18)13(19)12-9(16)4-7(15)5-10(12)17/h1-5H,18H2. The summed E-state index contributed by atoms with van der Waals surface area (Å²) in [5.74, 6) is -4.44. The fourth-order valence-electron chi connectivity index (χ4n) is 1.57. The highest BCUT2D eigenvalue weighted by Crippen LogP contribution is 2.24. The molecule has 0 saturated heterocycles. The van der Waals surface area contributed by atoms with Crippen LogP contribution in [0.3, 0.4) is 0 Å². The van der Waals surface area contributed by atoms with E-state index in [2.05, 4.69) is 15.9 Å². The summed E-state index contributed by atoms with van der Waals surface area (Å²) < 4.78 is 40.2. The number of rotatable bonds is 2. The maximum atomic E-state index is 13.5. The van der Waals surface area contributed by atoms with Crippen LogP contribution >= 0.6 is 15.9 Å². The number of benzene rings is 2. The number of carbonyl (C=O) groups is 1. The Labute approximate surface area is 115 Å². The zero-order chi connectivity index (χ0) is 14.2. The number of nitrogens with two attached hydrogens (primary N) is 1. The minimum absolute atomic E-state index is 0.0467. The topological polar surface area (TPSA) is 43.1 Å². The summed E-state index contributed by atoms with van der Waals surface area (Å²) in [6.45, 7) is 0. The van der Waals surface area contributed by atoms with Crippen LogP contribution in [0, 0.1) is 17.5 Å². The van der Waals surface area contributed by atoms with Gasteiger partial charge in [0.25, 0.3) is 0 Å². The van der Waals surface area contributed by atoms with Crippen molar-refractivity contribution >= 4 is 27.4 Å². The van der Waals surface area contributed by atoms with Gasteiger partial charge in [-0.2, -0.15) is 0 Å². The van der Waals surface area contributed by atoms with E-state index in [0.29, 0.717) is 22.3 Å². The second kappa shape index (κ2) is 5.05. The zero-order valence-electron chi connectivity index (χ0n) is 9.38. The summed E-state index contributed by atoms with van der Waals surface area (Å²) in [6, 6.07) is 5.03. The van der Waals surface area contributed by atoms with Crippen LogP contribution in [-0.2, 0) is 0 Å². The number of nitrogen functional groups attached to an aromatic ring is 1. The second-order valence-electron chi connectivity index (χ2n) is 3.81. The molecule has 0 radical (unpaired) electrons. The van der Waals surface area contributed by atoms with Gasteiger partial charge in [-0.1, -0.05) is 0 Å². The van der Waals surface area contributed by atoms with Crippen molar-refractivity contribution in [1.29, 1.82) is 0 Å². The minimum atomic E-state index is -1.24. The fraction of sp³-hybridized carbons (Fsp3) is 0. The molecule has 0 unspecified atom stereocenters. The van der Waals surface area contributed by atoms with Crippen molar-refractivity contribution in [2.75, 3.05) is 5.73 Å². The first-order valence-electron chi connectivity index (χ1n) is 5.14. The van der Waals surface area contributed by atoms with Crippen molar-refractivity contribution in [1.82, 2.24) is 0 Å². The lowest BCUT2D eigenvalue weighted by molar-refractivity contribution is 0.103. The molecule has 2 rings (SSSR count). The van der Waals surface area contributed by atoms with Crippen LogP contribution in [-0.4, -0.2) is 5.78 Å². The first-order valence-corrected chi connectivity index (χ1v) is 5.93. The highest BCUT2D eigenvalue weighted by Gasteiger charge is 2.20. The van der Waals surface area contributed by atoms with Gasteiger partial charge in [0.05, 0.1) is 5.56 Å².